The van der Waals surface area contributed by atoms with Gasteiger partial charge in [0.2, 0.25) is 0 Å². The zero-order chi connectivity index (χ0) is 3.41. The molecule has 0 amide bonds. The Morgan fingerprint density at radius 3 is 2.25 bits per heavy atom. The first-order valence-electron chi connectivity index (χ1n) is 0.524. The first-order chi connectivity index (χ1) is 1.91. The molecule has 0 unspecified atom stereocenters. The molecule has 1 nitrogen and oxygen atoms in total. The van der Waals surface area contributed by atoms with Gasteiger partial charge in [-0.15, -0.1) is 0 Å². The zero-order valence-corrected chi connectivity index (χ0v) is 4.59. The van der Waals surface area contributed by atoms with Crippen LogP contribution < -0.4 is 0 Å². The monoisotopic (exact) mass is 261 g/mol. The fourth-order valence-electron chi connectivity index (χ4n) is 0. The molecule has 0 aromatic rings. The van der Waals surface area contributed by atoms with E-state index in [1.54, 1.807) is 0 Å². The van der Waals surface area contributed by atoms with Crippen LogP contribution in [0.25, 0.3) is 0 Å². The molecule has 29 valence electrons. The summed E-state index contributed by atoms with van der Waals surface area (Å²) in [6.07, 6.45) is 0. The molecule has 0 spiro atoms. The van der Waals surface area contributed by atoms with Crippen LogP contribution in [0.1, 0.15) is 0 Å². The summed E-state index contributed by atoms with van der Waals surface area (Å²) >= 11 is -0.515. The van der Waals surface area contributed by atoms with E-state index in [4.69, 9.17) is 14.0 Å². The van der Waals surface area contributed by atoms with Crippen LogP contribution in [0.3, 0.4) is 0 Å². The fourth-order valence-corrected chi connectivity index (χ4v) is 0. The molecule has 0 fully saturated rings. The van der Waals surface area contributed by atoms with Crippen LogP contribution in [0.5, 0.6) is 0 Å². The van der Waals surface area contributed by atoms with Crippen molar-refractivity contribution >= 4 is 13.7 Å². The van der Waals surface area contributed by atoms with Crippen molar-refractivity contribution in [1.82, 2.24) is 0 Å². The average Bonchev–Trinajstić information content (AvgIpc) is 1.37. The van der Waals surface area contributed by atoms with E-state index in [0.717, 1.165) is 4.50 Å². The maximum atomic E-state index is 9.08. The second-order valence-electron chi connectivity index (χ2n) is 0.137. The van der Waals surface area contributed by atoms with E-state index >= 15 is 0 Å². The van der Waals surface area contributed by atoms with Gasteiger partial charge in [0.1, 0.15) is 0 Å². The third-order valence-corrected chi connectivity index (χ3v) is 0.660. The first-order valence-corrected chi connectivity index (χ1v) is 4.46. The molecule has 0 heterocycles. The third-order valence-electron chi connectivity index (χ3n) is 0.0269. The Kier molecular flexibility index (Phi) is 4.35. The number of halogens is 1. The summed E-state index contributed by atoms with van der Waals surface area (Å²) in [5, 5.41) is 0. The summed E-state index contributed by atoms with van der Waals surface area (Å²) in [7, 11) is 4.92. The Labute approximate surface area is 37.5 Å². The standard InChI is InChI=1S/CHO.Au.ClH/c1-2;;/h1H;;1H/q;+1;/p-1. The van der Waals surface area contributed by atoms with E-state index < -0.39 is 18.7 Å². The van der Waals surface area contributed by atoms with E-state index in [1.807, 2.05) is 0 Å². The minimum atomic E-state index is -0.515. The van der Waals surface area contributed by atoms with Crippen molar-refractivity contribution in [2.45, 2.75) is 0 Å². The van der Waals surface area contributed by atoms with Gasteiger partial charge in [0.15, 0.2) is 0 Å². The molecule has 0 saturated heterocycles. The number of carbonyl (C=O) groups is 1. The van der Waals surface area contributed by atoms with Gasteiger partial charge in [-0.25, -0.2) is 0 Å². The number of hydrogen-bond donors (Lipinski definition) is 0. The first kappa shape index (κ1) is 4.70. The molecule has 0 aromatic heterocycles. The van der Waals surface area contributed by atoms with Crippen molar-refractivity contribution < 1.29 is 23.5 Å². The Bertz CT molecular complexity index is 22.0. The van der Waals surface area contributed by atoms with Crippen LogP contribution in [0.4, 0.5) is 0 Å². The molecule has 0 aliphatic heterocycles. The van der Waals surface area contributed by atoms with Gasteiger partial charge in [-0.1, -0.05) is 0 Å². The topological polar surface area (TPSA) is 17.1 Å². The molecular formula is CHAuClO. The summed E-state index contributed by atoms with van der Waals surface area (Å²) in [4.78, 5) is 9.08. The van der Waals surface area contributed by atoms with Crippen molar-refractivity contribution in [3.05, 3.63) is 0 Å². The fraction of sp³-hybridized carbons (Fsp3) is 0. The SMILES string of the molecule is O=[CH][Au][Cl]. The van der Waals surface area contributed by atoms with Crippen molar-refractivity contribution in [3.63, 3.8) is 0 Å². The molecule has 4 heavy (non-hydrogen) atoms. The second-order valence-corrected chi connectivity index (χ2v) is 2.20. The number of rotatable bonds is 1. The van der Waals surface area contributed by atoms with Gasteiger partial charge in [0.05, 0.1) is 0 Å². The van der Waals surface area contributed by atoms with Gasteiger partial charge in [-0.3, -0.25) is 0 Å². The number of carbonyl (C=O) groups excluding carboxylic acids is 1. The molecule has 3 heteroatoms. The maximum absolute atomic E-state index is 9.08. The van der Waals surface area contributed by atoms with Crippen LogP contribution >= 0.6 is 9.19 Å². The summed E-state index contributed by atoms with van der Waals surface area (Å²) in [6.45, 7) is 0. The van der Waals surface area contributed by atoms with Crippen LogP contribution in [0.15, 0.2) is 0 Å². The molecular weight excluding hydrogens is 260 g/mol. The molecule has 0 aliphatic carbocycles. The van der Waals surface area contributed by atoms with Crippen molar-refractivity contribution in [1.29, 1.82) is 0 Å². The van der Waals surface area contributed by atoms with Gasteiger partial charge in [0.25, 0.3) is 0 Å². The van der Waals surface area contributed by atoms with Crippen molar-refractivity contribution in [2.75, 3.05) is 0 Å². The predicted molar refractivity (Wildman–Crippen MR) is 12.6 cm³/mol. The normalized spacial score (nSPS) is 7.25. The summed E-state index contributed by atoms with van der Waals surface area (Å²) < 4.78 is 0.738. The van der Waals surface area contributed by atoms with Crippen LogP contribution in [0.2, 0.25) is 0 Å². The van der Waals surface area contributed by atoms with Gasteiger partial charge in [0, 0.05) is 0 Å². The second kappa shape index (κ2) is 3.70. The van der Waals surface area contributed by atoms with Crippen LogP contribution in [0, 0.1) is 0 Å². The molecule has 0 rings (SSSR count). The molecule has 0 aliphatic rings. The van der Waals surface area contributed by atoms with E-state index in [2.05, 4.69) is 0 Å². The molecule has 0 N–H and O–H groups in total. The van der Waals surface area contributed by atoms with Crippen LogP contribution in [-0.2, 0) is 23.5 Å². The van der Waals surface area contributed by atoms with E-state index in [1.165, 1.54) is 0 Å². The summed E-state index contributed by atoms with van der Waals surface area (Å²) in [6, 6.07) is 0. The molecule has 0 atom stereocenters. The van der Waals surface area contributed by atoms with Gasteiger partial charge in [-0.2, -0.15) is 0 Å². The van der Waals surface area contributed by atoms with Crippen molar-refractivity contribution in [2.24, 2.45) is 0 Å². The Morgan fingerprint density at radius 1 is 2.00 bits per heavy atom. The van der Waals surface area contributed by atoms with E-state index in [9.17, 15) is 0 Å². The molecule has 0 aromatic carbocycles. The van der Waals surface area contributed by atoms with Gasteiger partial charge in [-0.05, 0) is 0 Å². The Hall–Kier alpha value is 0.700. The molecule has 0 saturated carbocycles. The zero-order valence-electron chi connectivity index (χ0n) is 1.67. The van der Waals surface area contributed by atoms with Crippen LogP contribution in [-0.4, -0.2) is 4.50 Å². The third kappa shape index (κ3) is 2.70. The summed E-state index contributed by atoms with van der Waals surface area (Å²) in [5.74, 6) is 0. The molecule has 0 radical (unpaired) electrons. The van der Waals surface area contributed by atoms with Crippen molar-refractivity contribution in [3.8, 4) is 0 Å². The summed E-state index contributed by atoms with van der Waals surface area (Å²) in [5.41, 5.74) is 0. The molecule has 0 bridgehead atoms. The average molecular weight is 261 g/mol. The number of hydrogen-bond acceptors (Lipinski definition) is 1. The van der Waals surface area contributed by atoms with E-state index in [-0.39, 0.29) is 0 Å². The minimum absolute atomic E-state index is 0.515. The quantitative estimate of drug-likeness (QED) is 0.494. The Balaban J connectivity index is 2.30. The Morgan fingerprint density at radius 2 is 2.25 bits per heavy atom. The van der Waals surface area contributed by atoms with Gasteiger partial charge >= 0.3 is 37.2 Å². The van der Waals surface area contributed by atoms with Gasteiger partial charge < -0.3 is 0 Å². The predicted octanol–water partition coefficient (Wildman–Crippen LogP) is 0.413. The van der Waals surface area contributed by atoms with E-state index in [0.29, 0.717) is 0 Å².